The second-order valence-corrected chi connectivity index (χ2v) is 5.17. The Morgan fingerprint density at radius 3 is 2.35 bits per heavy atom. The fourth-order valence-corrected chi connectivity index (χ4v) is 1.82. The van der Waals surface area contributed by atoms with Crippen molar-refractivity contribution < 1.29 is 4.42 Å². The van der Waals surface area contributed by atoms with Crippen LogP contribution in [0.1, 0.15) is 5.76 Å². The molecule has 0 amide bonds. The number of hydrogen-bond donors (Lipinski definition) is 0. The molecule has 2 nitrogen and oxygen atoms in total. The highest BCUT2D eigenvalue weighted by Gasteiger charge is 2.10. The van der Waals surface area contributed by atoms with E-state index in [-0.39, 0.29) is 0 Å². The van der Waals surface area contributed by atoms with Crippen molar-refractivity contribution in [2.45, 2.75) is 0 Å². The van der Waals surface area contributed by atoms with Gasteiger partial charge in [-0.2, -0.15) is 0 Å². The van der Waals surface area contributed by atoms with Gasteiger partial charge in [0.1, 0.15) is 10.7 Å². The Morgan fingerprint density at radius 2 is 1.76 bits per heavy atom. The molecule has 1 heterocycles. The molecule has 1 aromatic heterocycles. The predicted molar refractivity (Wildman–Crippen MR) is 77.2 cm³/mol. The Morgan fingerprint density at radius 1 is 1.12 bits per heavy atom. The molecular weight excluding hydrogens is 298 g/mol. The molecule has 0 saturated heterocycles. The van der Waals surface area contributed by atoms with Gasteiger partial charge in [-0.1, -0.05) is 40.3 Å². The molecule has 2 aromatic rings. The van der Waals surface area contributed by atoms with Crippen LogP contribution < -0.4 is 0 Å². The zero-order chi connectivity index (χ0) is 12.4. The maximum absolute atomic E-state index is 5.73. The van der Waals surface area contributed by atoms with Crippen LogP contribution in [0.25, 0.3) is 11.3 Å². The molecule has 0 N–H and O–H groups in total. The molecule has 0 bridgehead atoms. The Kier molecular flexibility index (Phi) is 3.64. The van der Waals surface area contributed by atoms with E-state index in [2.05, 4.69) is 15.9 Å². The third-order valence-electron chi connectivity index (χ3n) is 2.35. The third-order valence-corrected chi connectivity index (χ3v) is 3.45. The Labute approximate surface area is 114 Å². The summed E-state index contributed by atoms with van der Waals surface area (Å²) in [7, 11) is 3.81. The molecule has 0 saturated carbocycles. The first kappa shape index (κ1) is 12.3. The normalized spacial score (nSPS) is 10.3. The molecule has 4 heteroatoms. The summed E-state index contributed by atoms with van der Waals surface area (Å²) in [5.74, 6) is 1.56. The lowest BCUT2D eigenvalue weighted by Crippen LogP contribution is -2.19. The van der Waals surface area contributed by atoms with Gasteiger partial charge in [-0.3, -0.25) is 0 Å². The summed E-state index contributed by atoms with van der Waals surface area (Å²) >= 11 is 8.66. The van der Waals surface area contributed by atoms with Gasteiger partial charge >= 0.3 is 0 Å². The molecule has 2 rings (SSSR count). The third kappa shape index (κ3) is 2.76. The molecule has 0 radical (unpaired) electrons. The van der Waals surface area contributed by atoms with Gasteiger partial charge in [-0.25, -0.2) is 0 Å². The summed E-state index contributed by atoms with van der Waals surface area (Å²) in [6.45, 7) is 0. The monoisotopic (exact) mass is 309 g/mol. The van der Waals surface area contributed by atoms with E-state index in [4.69, 9.17) is 16.6 Å². The fraction of sp³-hybridized carbons (Fsp3) is 0.154. The lowest BCUT2D eigenvalue weighted by molar-refractivity contribution is 0.545. The van der Waals surface area contributed by atoms with Crippen LogP contribution >= 0.6 is 28.1 Å². The van der Waals surface area contributed by atoms with E-state index in [1.807, 2.05) is 55.4 Å². The summed E-state index contributed by atoms with van der Waals surface area (Å²) in [6, 6.07) is 11.8. The fourth-order valence-electron chi connectivity index (χ4n) is 1.44. The second kappa shape index (κ2) is 5.02. The maximum atomic E-state index is 5.73. The van der Waals surface area contributed by atoms with E-state index >= 15 is 0 Å². The zero-order valence-corrected chi connectivity index (χ0v) is 12.0. The van der Waals surface area contributed by atoms with Gasteiger partial charge in [-0.15, -0.1) is 0 Å². The first-order valence-corrected chi connectivity index (χ1v) is 6.35. The van der Waals surface area contributed by atoms with Crippen LogP contribution in [-0.2, 0) is 0 Å². The first-order valence-electron chi connectivity index (χ1n) is 5.15. The Hall–Kier alpha value is -1.13. The van der Waals surface area contributed by atoms with Gasteiger partial charge in [0.25, 0.3) is 0 Å². The van der Waals surface area contributed by atoms with E-state index in [1.165, 1.54) is 0 Å². The van der Waals surface area contributed by atoms with Crippen LogP contribution in [0.2, 0.25) is 0 Å². The van der Waals surface area contributed by atoms with Crippen molar-refractivity contribution in [2.24, 2.45) is 0 Å². The topological polar surface area (TPSA) is 16.4 Å². The van der Waals surface area contributed by atoms with Crippen molar-refractivity contribution >= 4 is 33.1 Å². The SMILES string of the molecule is CN(C)C(=S)c1ccc(-c2ccc(Br)cc2)o1. The molecule has 0 aliphatic carbocycles. The lowest BCUT2D eigenvalue weighted by Gasteiger charge is -2.10. The molecule has 0 aliphatic heterocycles. The number of hydrogen-bond acceptors (Lipinski definition) is 2. The Bertz CT molecular complexity index is 531. The van der Waals surface area contributed by atoms with Crippen molar-refractivity contribution in [3.05, 3.63) is 46.6 Å². The van der Waals surface area contributed by atoms with Gasteiger partial charge in [-0.05, 0) is 24.3 Å². The molecule has 0 fully saturated rings. The van der Waals surface area contributed by atoms with Crippen LogP contribution in [0.3, 0.4) is 0 Å². The number of nitrogens with zero attached hydrogens (tertiary/aromatic N) is 1. The van der Waals surface area contributed by atoms with E-state index < -0.39 is 0 Å². The number of halogens is 1. The van der Waals surface area contributed by atoms with Crippen LogP contribution in [-0.4, -0.2) is 24.0 Å². The highest BCUT2D eigenvalue weighted by atomic mass is 79.9. The van der Waals surface area contributed by atoms with Crippen molar-refractivity contribution in [1.82, 2.24) is 4.90 Å². The molecular formula is C13H12BrNOS. The maximum Gasteiger partial charge on any atom is 0.162 e. The molecule has 88 valence electrons. The lowest BCUT2D eigenvalue weighted by atomic mass is 10.2. The van der Waals surface area contributed by atoms with Crippen LogP contribution in [0.5, 0.6) is 0 Å². The molecule has 0 atom stereocenters. The van der Waals surface area contributed by atoms with Crippen LogP contribution in [0.4, 0.5) is 0 Å². The minimum Gasteiger partial charge on any atom is -0.454 e. The van der Waals surface area contributed by atoms with Crippen molar-refractivity contribution in [2.75, 3.05) is 14.1 Å². The average Bonchev–Trinajstić information content (AvgIpc) is 2.78. The molecule has 1 aromatic carbocycles. The quantitative estimate of drug-likeness (QED) is 0.782. The van der Waals surface area contributed by atoms with Gasteiger partial charge in [0, 0.05) is 24.1 Å². The summed E-state index contributed by atoms with van der Waals surface area (Å²) < 4.78 is 6.79. The van der Waals surface area contributed by atoms with E-state index in [1.54, 1.807) is 0 Å². The van der Waals surface area contributed by atoms with Crippen molar-refractivity contribution in [3.8, 4) is 11.3 Å². The number of thiocarbonyl (C=S) groups is 1. The summed E-state index contributed by atoms with van der Waals surface area (Å²) in [5.41, 5.74) is 1.04. The van der Waals surface area contributed by atoms with E-state index in [9.17, 15) is 0 Å². The number of rotatable bonds is 2. The highest BCUT2D eigenvalue weighted by Crippen LogP contribution is 2.24. The number of benzene rings is 1. The Balaban J connectivity index is 2.30. The molecule has 17 heavy (non-hydrogen) atoms. The van der Waals surface area contributed by atoms with E-state index in [0.29, 0.717) is 4.99 Å². The minimum atomic E-state index is 0.702. The van der Waals surface area contributed by atoms with Crippen LogP contribution in [0, 0.1) is 0 Å². The summed E-state index contributed by atoms with van der Waals surface area (Å²) in [5, 5.41) is 0. The van der Waals surface area contributed by atoms with E-state index in [0.717, 1.165) is 21.6 Å². The largest absolute Gasteiger partial charge is 0.454 e. The zero-order valence-electron chi connectivity index (χ0n) is 9.61. The van der Waals surface area contributed by atoms with Crippen molar-refractivity contribution in [3.63, 3.8) is 0 Å². The summed E-state index contributed by atoms with van der Waals surface area (Å²) in [4.78, 5) is 2.56. The first-order chi connectivity index (χ1) is 8.08. The predicted octanol–water partition coefficient (Wildman–Crippen LogP) is 3.95. The molecule has 0 spiro atoms. The van der Waals surface area contributed by atoms with Crippen LogP contribution in [0.15, 0.2) is 45.3 Å². The molecule has 0 unspecified atom stereocenters. The smallest absolute Gasteiger partial charge is 0.162 e. The summed E-state index contributed by atoms with van der Waals surface area (Å²) in [6.07, 6.45) is 0. The van der Waals surface area contributed by atoms with Gasteiger partial charge in [0.15, 0.2) is 5.76 Å². The second-order valence-electron chi connectivity index (χ2n) is 3.87. The van der Waals surface area contributed by atoms with Gasteiger partial charge < -0.3 is 9.32 Å². The standard InChI is InChI=1S/C13H12BrNOS/c1-15(2)13(17)12-8-7-11(16-12)9-3-5-10(14)6-4-9/h3-8H,1-2H3. The molecule has 0 aliphatic rings. The van der Waals surface area contributed by atoms with Gasteiger partial charge in [0.05, 0.1) is 0 Å². The number of furan rings is 1. The van der Waals surface area contributed by atoms with Crippen molar-refractivity contribution in [1.29, 1.82) is 0 Å². The minimum absolute atomic E-state index is 0.702. The highest BCUT2D eigenvalue weighted by molar-refractivity contribution is 9.10. The van der Waals surface area contributed by atoms with Gasteiger partial charge in [0.2, 0.25) is 0 Å². The average molecular weight is 310 g/mol.